The van der Waals surface area contributed by atoms with Crippen LogP contribution in [0, 0.1) is 17.0 Å². The fourth-order valence-electron chi connectivity index (χ4n) is 2.75. The lowest BCUT2D eigenvalue weighted by atomic mass is 10.2. The highest BCUT2D eigenvalue weighted by atomic mass is 32.1. The monoisotopic (exact) mass is 389 g/mol. The third-order valence-electron chi connectivity index (χ3n) is 4.23. The van der Waals surface area contributed by atoms with Crippen LogP contribution in [0.25, 0.3) is 20.8 Å². The number of nitro groups is 1. The van der Waals surface area contributed by atoms with E-state index < -0.39 is 4.92 Å². The average molecular weight is 389 g/mol. The summed E-state index contributed by atoms with van der Waals surface area (Å²) in [7, 11) is 0. The highest BCUT2D eigenvalue weighted by molar-refractivity contribution is 7.21. The van der Waals surface area contributed by atoms with Gasteiger partial charge in [0.25, 0.3) is 5.69 Å². The predicted molar refractivity (Wildman–Crippen MR) is 112 cm³/mol. The zero-order chi connectivity index (χ0) is 19.7. The van der Waals surface area contributed by atoms with Gasteiger partial charge in [0.15, 0.2) is 0 Å². The molecule has 0 fully saturated rings. The number of phenols is 1. The smallest absolute Gasteiger partial charge is 0.270 e. The molecule has 7 heteroatoms. The molecule has 0 atom stereocenters. The quantitative estimate of drug-likeness (QED) is 0.278. The van der Waals surface area contributed by atoms with Gasteiger partial charge in [-0.3, -0.25) is 15.1 Å². The van der Waals surface area contributed by atoms with E-state index in [1.807, 2.05) is 31.2 Å². The molecule has 0 radical (unpaired) electrons. The van der Waals surface area contributed by atoms with Gasteiger partial charge in [-0.2, -0.15) is 0 Å². The number of aromatic nitrogens is 1. The van der Waals surface area contributed by atoms with Crippen LogP contribution < -0.4 is 0 Å². The summed E-state index contributed by atoms with van der Waals surface area (Å²) in [5, 5.41) is 21.7. The summed E-state index contributed by atoms with van der Waals surface area (Å²) in [6.45, 7) is 2.05. The number of hydrogen-bond donors (Lipinski definition) is 1. The van der Waals surface area contributed by atoms with Crippen molar-refractivity contribution >= 4 is 39.1 Å². The van der Waals surface area contributed by atoms with Crippen LogP contribution in [0.15, 0.2) is 65.7 Å². The van der Waals surface area contributed by atoms with Gasteiger partial charge >= 0.3 is 0 Å². The van der Waals surface area contributed by atoms with Crippen molar-refractivity contribution in [3.05, 3.63) is 81.9 Å². The minimum atomic E-state index is -0.509. The molecule has 0 aliphatic heterocycles. The normalized spacial score (nSPS) is 11.3. The van der Waals surface area contributed by atoms with Crippen molar-refractivity contribution in [2.75, 3.05) is 0 Å². The van der Waals surface area contributed by atoms with Gasteiger partial charge in [-0.05, 0) is 55.0 Å². The second-order valence-electron chi connectivity index (χ2n) is 6.30. The van der Waals surface area contributed by atoms with Gasteiger partial charge in [-0.25, -0.2) is 4.98 Å². The molecule has 6 nitrogen and oxygen atoms in total. The van der Waals surface area contributed by atoms with Crippen LogP contribution in [-0.4, -0.2) is 21.2 Å². The number of benzene rings is 3. The number of nitrogens with zero attached hydrogens (tertiary/aromatic N) is 3. The first kappa shape index (κ1) is 17.8. The van der Waals surface area contributed by atoms with Gasteiger partial charge in [0.1, 0.15) is 10.8 Å². The molecule has 0 bridgehead atoms. The minimum Gasteiger partial charge on any atom is -0.507 e. The summed E-state index contributed by atoms with van der Waals surface area (Å²) in [4.78, 5) is 19.4. The Morgan fingerprint density at radius 1 is 1.11 bits per heavy atom. The van der Waals surface area contributed by atoms with Crippen LogP contribution in [0.4, 0.5) is 11.4 Å². The molecule has 1 heterocycles. The van der Waals surface area contributed by atoms with Crippen molar-refractivity contribution in [2.45, 2.75) is 6.92 Å². The number of hydrogen-bond acceptors (Lipinski definition) is 6. The molecule has 4 rings (SSSR count). The predicted octanol–water partition coefficient (Wildman–Crippen LogP) is 5.64. The molecule has 0 saturated carbocycles. The number of nitro benzene ring substituents is 1. The van der Waals surface area contributed by atoms with Crippen molar-refractivity contribution < 1.29 is 10.0 Å². The van der Waals surface area contributed by atoms with E-state index in [0.29, 0.717) is 11.3 Å². The molecule has 1 N–H and O–H groups in total. The summed E-state index contributed by atoms with van der Waals surface area (Å²) in [6, 6.07) is 17.6. The van der Waals surface area contributed by atoms with Crippen LogP contribution in [0.2, 0.25) is 0 Å². The zero-order valence-corrected chi connectivity index (χ0v) is 15.7. The Morgan fingerprint density at radius 3 is 2.64 bits per heavy atom. The molecule has 0 aliphatic rings. The second kappa shape index (κ2) is 7.21. The van der Waals surface area contributed by atoms with E-state index in [1.165, 1.54) is 30.0 Å². The lowest BCUT2D eigenvalue weighted by Crippen LogP contribution is -1.90. The first-order valence-electron chi connectivity index (χ1n) is 8.49. The maximum atomic E-state index is 10.9. The summed E-state index contributed by atoms with van der Waals surface area (Å²) in [6.07, 6.45) is 1.41. The van der Waals surface area contributed by atoms with Gasteiger partial charge < -0.3 is 5.11 Å². The zero-order valence-electron chi connectivity index (χ0n) is 14.9. The number of non-ortho nitro benzene ring substituents is 1. The lowest BCUT2D eigenvalue weighted by Gasteiger charge is -2.00. The molecule has 0 spiro atoms. The van der Waals surface area contributed by atoms with E-state index in [0.717, 1.165) is 20.8 Å². The maximum absolute atomic E-state index is 10.9. The van der Waals surface area contributed by atoms with E-state index in [4.69, 9.17) is 0 Å². The second-order valence-corrected chi connectivity index (χ2v) is 7.33. The minimum absolute atomic E-state index is 0.0595. The summed E-state index contributed by atoms with van der Waals surface area (Å²) in [5.74, 6) is -0.0595. The Kier molecular flexibility index (Phi) is 4.58. The Balaban J connectivity index is 1.58. The molecule has 138 valence electrons. The summed E-state index contributed by atoms with van der Waals surface area (Å²) < 4.78 is 1.14. The van der Waals surface area contributed by atoms with Crippen molar-refractivity contribution in [1.29, 1.82) is 0 Å². The standard InChI is InChI=1S/C21H15N3O3S/c1-13-2-9-20-18(10-13)23-21(28-20)14-3-5-16(6-4-14)22-12-15-11-17(24(26)27)7-8-19(15)25/h2-12,25H,1H3. The molecule has 4 aromatic rings. The van der Waals surface area contributed by atoms with Crippen LogP contribution in [0.5, 0.6) is 5.75 Å². The van der Waals surface area contributed by atoms with Gasteiger partial charge in [0, 0.05) is 29.5 Å². The number of rotatable bonds is 4. The summed E-state index contributed by atoms with van der Waals surface area (Å²) in [5.41, 5.74) is 4.03. The Labute approximate surface area is 164 Å². The molecule has 0 amide bonds. The molecule has 3 aromatic carbocycles. The van der Waals surface area contributed by atoms with E-state index in [1.54, 1.807) is 11.3 Å². The van der Waals surface area contributed by atoms with E-state index in [2.05, 4.69) is 28.2 Å². The van der Waals surface area contributed by atoms with Crippen molar-refractivity contribution in [3.63, 3.8) is 0 Å². The van der Waals surface area contributed by atoms with Crippen LogP contribution in [0.3, 0.4) is 0 Å². The first-order valence-corrected chi connectivity index (χ1v) is 9.30. The average Bonchev–Trinajstić information content (AvgIpc) is 3.10. The summed E-state index contributed by atoms with van der Waals surface area (Å²) >= 11 is 1.63. The van der Waals surface area contributed by atoms with E-state index >= 15 is 0 Å². The Bertz CT molecular complexity index is 1210. The topological polar surface area (TPSA) is 88.6 Å². The number of fused-ring (bicyclic) bond motifs is 1. The largest absolute Gasteiger partial charge is 0.507 e. The third kappa shape index (κ3) is 3.60. The molecule has 28 heavy (non-hydrogen) atoms. The number of aliphatic imine (C=N–C) groups is 1. The van der Waals surface area contributed by atoms with Crippen LogP contribution >= 0.6 is 11.3 Å². The van der Waals surface area contributed by atoms with Crippen LogP contribution in [0.1, 0.15) is 11.1 Å². The third-order valence-corrected chi connectivity index (χ3v) is 5.32. The van der Waals surface area contributed by atoms with Gasteiger partial charge in [0.2, 0.25) is 0 Å². The molecular formula is C21H15N3O3S. The SMILES string of the molecule is Cc1ccc2sc(-c3ccc(N=Cc4cc([N+](=O)[O-])ccc4O)cc3)nc2c1. The van der Waals surface area contributed by atoms with Gasteiger partial charge in [-0.15, -0.1) is 11.3 Å². The highest BCUT2D eigenvalue weighted by Crippen LogP contribution is 2.31. The van der Waals surface area contributed by atoms with Crippen molar-refractivity contribution in [2.24, 2.45) is 4.99 Å². The number of phenolic OH excluding ortho intramolecular Hbond substituents is 1. The Morgan fingerprint density at radius 2 is 1.89 bits per heavy atom. The fraction of sp³-hybridized carbons (Fsp3) is 0.0476. The Hall–Kier alpha value is -3.58. The number of thiazole rings is 1. The van der Waals surface area contributed by atoms with Gasteiger partial charge in [-0.1, -0.05) is 6.07 Å². The van der Waals surface area contributed by atoms with E-state index in [9.17, 15) is 15.2 Å². The van der Waals surface area contributed by atoms with Crippen molar-refractivity contribution in [3.8, 4) is 16.3 Å². The van der Waals surface area contributed by atoms with E-state index in [-0.39, 0.29) is 11.4 Å². The number of aryl methyl sites for hydroxylation is 1. The van der Waals surface area contributed by atoms with Crippen LogP contribution in [-0.2, 0) is 0 Å². The first-order chi connectivity index (χ1) is 13.5. The maximum Gasteiger partial charge on any atom is 0.270 e. The molecule has 0 aliphatic carbocycles. The van der Waals surface area contributed by atoms with Gasteiger partial charge in [0.05, 0.1) is 20.8 Å². The molecular weight excluding hydrogens is 374 g/mol. The van der Waals surface area contributed by atoms with Crippen molar-refractivity contribution in [1.82, 2.24) is 4.98 Å². The lowest BCUT2D eigenvalue weighted by molar-refractivity contribution is -0.384. The molecule has 0 unspecified atom stereocenters. The fourth-order valence-corrected chi connectivity index (χ4v) is 3.71. The number of aromatic hydroxyl groups is 1. The molecule has 0 saturated heterocycles. The highest BCUT2D eigenvalue weighted by Gasteiger charge is 2.09. The molecule has 1 aromatic heterocycles.